The van der Waals surface area contributed by atoms with E-state index in [4.69, 9.17) is 4.42 Å². The number of benzene rings is 2. The van der Waals surface area contributed by atoms with Crippen molar-refractivity contribution >= 4 is 17.5 Å². The lowest BCUT2D eigenvalue weighted by Crippen LogP contribution is -2.03. The number of hydrogen-bond acceptors (Lipinski definition) is 5. The summed E-state index contributed by atoms with van der Waals surface area (Å²) in [5.74, 6) is 1.31. The highest BCUT2D eigenvalue weighted by Gasteiger charge is 2.13. The molecule has 0 N–H and O–H groups in total. The highest BCUT2D eigenvalue weighted by Crippen LogP contribution is 2.25. The molecule has 134 valence electrons. The third-order valence-corrected chi connectivity index (χ3v) is 5.23. The van der Waals surface area contributed by atoms with Crippen molar-refractivity contribution in [3.63, 3.8) is 0 Å². The van der Waals surface area contributed by atoms with Crippen LogP contribution in [0.2, 0.25) is 0 Å². The molecule has 2 aromatic carbocycles. The fourth-order valence-corrected chi connectivity index (χ4v) is 3.26. The molecule has 0 fully saturated rings. The molecule has 0 bridgehead atoms. The molecular formula is C21H22N2O2S. The summed E-state index contributed by atoms with van der Waals surface area (Å²) >= 11 is 1.27. The third-order valence-electron chi connectivity index (χ3n) is 4.41. The van der Waals surface area contributed by atoms with Crippen molar-refractivity contribution in [3.8, 4) is 11.5 Å². The van der Waals surface area contributed by atoms with Crippen molar-refractivity contribution < 1.29 is 9.21 Å². The summed E-state index contributed by atoms with van der Waals surface area (Å²) in [5.41, 5.74) is 3.99. The van der Waals surface area contributed by atoms with E-state index in [-0.39, 0.29) is 11.5 Å². The van der Waals surface area contributed by atoms with Crippen LogP contribution in [-0.4, -0.2) is 21.7 Å². The molecule has 0 spiro atoms. The predicted molar refractivity (Wildman–Crippen MR) is 105 cm³/mol. The average Bonchev–Trinajstić information content (AvgIpc) is 3.14. The van der Waals surface area contributed by atoms with Gasteiger partial charge < -0.3 is 4.42 Å². The molecule has 0 radical (unpaired) electrons. The maximum absolute atomic E-state index is 12.4. The van der Waals surface area contributed by atoms with Gasteiger partial charge in [-0.1, -0.05) is 67.6 Å². The van der Waals surface area contributed by atoms with E-state index in [9.17, 15) is 4.79 Å². The molecule has 4 nitrogen and oxygen atoms in total. The van der Waals surface area contributed by atoms with Crippen molar-refractivity contribution in [1.82, 2.24) is 10.2 Å². The van der Waals surface area contributed by atoms with Crippen LogP contribution in [-0.2, 0) is 0 Å². The minimum atomic E-state index is 0.0565. The Balaban J connectivity index is 1.61. The van der Waals surface area contributed by atoms with Crippen LogP contribution in [0, 0.1) is 6.92 Å². The third kappa shape index (κ3) is 4.41. The minimum Gasteiger partial charge on any atom is -0.411 e. The molecule has 0 unspecified atom stereocenters. The van der Waals surface area contributed by atoms with Gasteiger partial charge in [-0.3, -0.25) is 4.79 Å². The number of carbonyl (C=O) groups excluding carboxylic acids is 1. The van der Waals surface area contributed by atoms with Crippen molar-refractivity contribution in [2.24, 2.45) is 0 Å². The summed E-state index contributed by atoms with van der Waals surface area (Å²) < 4.78 is 5.66. The first-order valence-electron chi connectivity index (χ1n) is 8.73. The van der Waals surface area contributed by atoms with Gasteiger partial charge >= 0.3 is 0 Å². The maximum atomic E-state index is 12.4. The highest BCUT2D eigenvalue weighted by molar-refractivity contribution is 7.99. The van der Waals surface area contributed by atoms with Gasteiger partial charge in [0.1, 0.15) is 0 Å². The van der Waals surface area contributed by atoms with Crippen LogP contribution < -0.4 is 0 Å². The largest absolute Gasteiger partial charge is 0.411 e. The number of rotatable bonds is 7. The van der Waals surface area contributed by atoms with Crippen LogP contribution in [0.3, 0.4) is 0 Å². The van der Waals surface area contributed by atoms with Crippen LogP contribution >= 0.6 is 11.8 Å². The molecule has 0 aliphatic rings. The summed E-state index contributed by atoms with van der Waals surface area (Å²) in [6.07, 6.45) is 1.09. The van der Waals surface area contributed by atoms with Gasteiger partial charge in [0.15, 0.2) is 5.78 Å². The summed E-state index contributed by atoms with van der Waals surface area (Å²) in [6, 6.07) is 15.8. The molecule has 1 heterocycles. The van der Waals surface area contributed by atoms with E-state index < -0.39 is 0 Å². The predicted octanol–water partition coefficient (Wildman–Crippen LogP) is 5.53. The van der Waals surface area contributed by atoms with Gasteiger partial charge in [0.2, 0.25) is 5.89 Å². The zero-order valence-electron chi connectivity index (χ0n) is 15.2. The summed E-state index contributed by atoms with van der Waals surface area (Å²) in [5, 5.41) is 8.51. The van der Waals surface area contributed by atoms with Gasteiger partial charge in [0, 0.05) is 11.1 Å². The zero-order valence-corrected chi connectivity index (χ0v) is 16.0. The molecule has 0 aliphatic carbocycles. The Bertz CT molecular complexity index is 887. The molecule has 5 heteroatoms. The molecule has 0 aliphatic heterocycles. The van der Waals surface area contributed by atoms with Gasteiger partial charge in [-0.15, -0.1) is 10.2 Å². The van der Waals surface area contributed by atoms with E-state index in [0.29, 0.717) is 22.6 Å². The van der Waals surface area contributed by atoms with E-state index in [1.165, 1.54) is 17.3 Å². The number of thioether (sulfide) groups is 1. The summed E-state index contributed by atoms with van der Waals surface area (Å²) in [6.45, 7) is 6.37. The molecule has 0 saturated carbocycles. The lowest BCUT2D eigenvalue weighted by atomic mass is 9.97. The molecule has 1 atom stereocenters. The summed E-state index contributed by atoms with van der Waals surface area (Å²) in [7, 11) is 0. The Hall–Kier alpha value is -2.40. The fourth-order valence-electron chi connectivity index (χ4n) is 2.61. The Kier molecular flexibility index (Phi) is 5.89. The minimum absolute atomic E-state index is 0.0565. The standard InChI is InChI=1S/C21H22N2O2S/c1-4-15(3)16-8-10-17(11-9-16)19(24)13-26-21-23-22-20(25-21)18-7-5-6-14(2)12-18/h5-12,15H,4,13H2,1-3H3/t15-/m0/s1. The van der Waals surface area contributed by atoms with Gasteiger partial charge in [-0.2, -0.15) is 0 Å². The van der Waals surface area contributed by atoms with Crippen molar-refractivity contribution in [2.75, 3.05) is 5.75 Å². The Morgan fingerprint density at radius 1 is 1.15 bits per heavy atom. The second-order valence-electron chi connectivity index (χ2n) is 6.39. The van der Waals surface area contributed by atoms with E-state index in [1.54, 1.807) is 0 Å². The van der Waals surface area contributed by atoms with Crippen LogP contribution in [0.1, 0.15) is 47.7 Å². The SMILES string of the molecule is CC[C@H](C)c1ccc(C(=O)CSc2nnc(-c3cccc(C)c3)o2)cc1. The lowest BCUT2D eigenvalue weighted by Gasteiger charge is -2.09. The second kappa shape index (κ2) is 8.32. The smallest absolute Gasteiger partial charge is 0.277 e. The lowest BCUT2D eigenvalue weighted by molar-refractivity contribution is 0.102. The zero-order chi connectivity index (χ0) is 18.5. The number of ketones is 1. The van der Waals surface area contributed by atoms with Crippen molar-refractivity contribution in [3.05, 3.63) is 65.2 Å². The van der Waals surface area contributed by atoms with E-state index in [2.05, 4.69) is 24.0 Å². The Morgan fingerprint density at radius 3 is 2.62 bits per heavy atom. The quantitative estimate of drug-likeness (QED) is 0.406. The second-order valence-corrected chi connectivity index (χ2v) is 7.31. The van der Waals surface area contributed by atoms with Crippen LogP contribution in [0.4, 0.5) is 0 Å². The number of aromatic nitrogens is 2. The molecule has 3 rings (SSSR count). The molecular weight excluding hydrogens is 344 g/mol. The molecule has 1 aromatic heterocycles. The van der Waals surface area contributed by atoms with Crippen LogP contribution in [0.25, 0.3) is 11.5 Å². The molecule has 26 heavy (non-hydrogen) atoms. The van der Waals surface area contributed by atoms with E-state index >= 15 is 0 Å². The Labute approximate surface area is 158 Å². The first kappa shape index (κ1) is 18.4. The number of carbonyl (C=O) groups is 1. The monoisotopic (exact) mass is 366 g/mol. The molecule has 3 aromatic rings. The van der Waals surface area contributed by atoms with Crippen molar-refractivity contribution in [1.29, 1.82) is 0 Å². The molecule has 0 saturated heterocycles. The van der Waals surface area contributed by atoms with Gasteiger partial charge in [0.05, 0.1) is 5.75 Å². The fraction of sp³-hybridized carbons (Fsp3) is 0.286. The van der Waals surface area contributed by atoms with Crippen LogP contribution in [0.5, 0.6) is 0 Å². The van der Waals surface area contributed by atoms with E-state index in [0.717, 1.165) is 17.5 Å². The number of Topliss-reactive ketones (excluding diaryl/α,β-unsaturated/α-hetero) is 1. The Morgan fingerprint density at radius 2 is 1.92 bits per heavy atom. The normalized spacial score (nSPS) is 12.1. The topological polar surface area (TPSA) is 56.0 Å². The number of hydrogen-bond donors (Lipinski definition) is 0. The summed E-state index contributed by atoms with van der Waals surface area (Å²) in [4.78, 5) is 12.4. The van der Waals surface area contributed by atoms with Gasteiger partial charge in [-0.25, -0.2) is 0 Å². The first-order valence-corrected chi connectivity index (χ1v) is 9.72. The highest BCUT2D eigenvalue weighted by atomic mass is 32.2. The van der Waals surface area contributed by atoms with E-state index in [1.807, 2.05) is 55.5 Å². The van der Waals surface area contributed by atoms with Crippen LogP contribution in [0.15, 0.2) is 58.2 Å². The first-order chi connectivity index (χ1) is 12.6. The number of aryl methyl sites for hydroxylation is 1. The van der Waals surface area contributed by atoms with Gasteiger partial charge in [-0.05, 0) is 37.0 Å². The maximum Gasteiger partial charge on any atom is 0.277 e. The molecule has 0 amide bonds. The van der Waals surface area contributed by atoms with Gasteiger partial charge in [0.25, 0.3) is 5.22 Å². The van der Waals surface area contributed by atoms with Crippen molar-refractivity contribution in [2.45, 2.75) is 38.3 Å². The average molecular weight is 366 g/mol. The number of nitrogens with zero attached hydrogens (tertiary/aromatic N) is 2.